The van der Waals surface area contributed by atoms with Crippen molar-refractivity contribution in [1.82, 2.24) is 0 Å². The molecule has 2 nitrogen and oxygen atoms in total. The molecule has 0 aromatic rings. The van der Waals surface area contributed by atoms with Gasteiger partial charge >= 0.3 is 0 Å². The van der Waals surface area contributed by atoms with Crippen LogP contribution in [0, 0.1) is 5.92 Å². The van der Waals surface area contributed by atoms with Crippen LogP contribution in [0.4, 0.5) is 0 Å². The maximum absolute atomic E-state index is 5.45. The van der Waals surface area contributed by atoms with Crippen LogP contribution < -0.4 is 0 Å². The molecule has 1 saturated heterocycles. The molecule has 0 radical (unpaired) electrons. The van der Waals surface area contributed by atoms with E-state index in [1.54, 1.807) is 0 Å². The van der Waals surface area contributed by atoms with E-state index in [0.717, 1.165) is 38.2 Å². The highest BCUT2D eigenvalue weighted by molar-refractivity contribution is 9.09. The van der Waals surface area contributed by atoms with Gasteiger partial charge < -0.3 is 9.47 Å². The van der Waals surface area contributed by atoms with E-state index in [9.17, 15) is 0 Å². The van der Waals surface area contributed by atoms with Crippen molar-refractivity contribution in [3.8, 4) is 0 Å². The predicted octanol–water partition coefficient (Wildman–Crippen LogP) is 1.82. The zero-order valence-corrected chi connectivity index (χ0v) is 8.31. The van der Waals surface area contributed by atoms with Gasteiger partial charge in [-0.25, -0.2) is 0 Å². The summed E-state index contributed by atoms with van der Waals surface area (Å²) < 4.78 is 10.7. The smallest absolute Gasteiger partial charge is 0.0517 e. The maximum atomic E-state index is 5.45. The Bertz CT molecular complexity index is 92.1. The number of rotatable bonds is 5. The lowest BCUT2D eigenvalue weighted by Crippen LogP contribution is -2.09. The van der Waals surface area contributed by atoms with Gasteiger partial charge in [0.15, 0.2) is 0 Å². The zero-order chi connectivity index (χ0) is 7.94. The van der Waals surface area contributed by atoms with Gasteiger partial charge in [-0.2, -0.15) is 0 Å². The molecule has 3 heteroatoms. The van der Waals surface area contributed by atoms with Crippen molar-refractivity contribution >= 4 is 15.9 Å². The van der Waals surface area contributed by atoms with Crippen LogP contribution in [0.25, 0.3) is 0 Å². The molecule has 66 valence electrons. The largest absolute Gasteiger partial charge is 0.381 e. The van der Waals surface area contributed by atoms with E-state index in [1.165, 1.54) is 6.42 Å². The van der Waals surface area contributed by atoms with Crippen LogP contribution in [-0.2, 0) is 9.47 Å². The fourth-order valence-corrected chi connectivity index (χ4v) is 1.35. The first-order valence-corrected chi connectivity index (χ1v) is 5.27. The molecule has 11 heavy (non-hydrogen) atoms. The van der Waals surface area contributed by atoms with Gasteiger partial charge in [0.2, 0.25) is 0 Å². The summed E-state index contributed by atoms with van der Waals surface area (Å²) in [6.45, 7) is 3.58. The van der Waals surface area contributed by atoms with E-state index in [1.807, 2.05) is 0 Å². The second kappa shape index (κ2) is 5.98. The van der Waals surface area contributed by atoms with E-state index in [-0.39, 0.29) is 0 Å². The first-order chi connectivity index (χ1) is 5.43. The molecule has 0 bridgehead atoms. The molecule has 1 atom stereocenters. The Hall–Kier alpha value is 0.400. The van der Waals surface area contributed by atoms with E-state index in [2.05, 4.69) is 15.9 Å². The highest BCUT2D eigenvalue weighted by Crippen LogP contribution is 2.12. The summed E-state index contributed by atoms with van der Waals surface area (Å²) in [6.07, 6.45) is 2.28. The number of hydrogen-bond acceptors (Lipinski definition) is 2. The summed E-state index contributed by atoms with van der Waals surface area (Å²) in [7, 11) is 0. The van der Waals surface area contributed by atoms with Crippen molar-refractivity contribution in [2.75, 3.05) is 31.8 Å². The molecule has 0 aliphatic carbocycles. The topological polar surface area (TPSA) is 18.5 Å². The number of alkyl halides is 1. The summed E-state index contributed by atoms with van der Waals surface area (Å²) in [5, 5.41) is 1.04. The molecular formula is C8H15BrO2. The Labute approximate surface area is 76.4 Å². The molecule has 1 rings (SSSR count). The van der Waals surface area contributed by atoms with Gasteiger partial charge in [-0.15, -0.1) is 0 Å². The van der Waals surface area contributed by atoms with Crippen molar-refractivity contribution in [1.29, 1.82) is 0 Å². The summed E-state index contributed by atoms with van der Waals surface area (Å²) in [5.41, 5.74) is 0. The first kappa shape index (κ1) is 9.49. The molecule has 0 N–H and O–H groups in total. The van der Waals surface area contributed by atoms with Crippen LogP contribution in [-0.4, -0.2) is 31.8 Å². The lowest BCUT2D eigenvalue weighted by atomic mass is 10.1. The molecule has 0 aromatic heterocycles. The standard InChI is InChI=1S/C8H15BrO2/c9-3-1-4-10-6-8-2-5-11-7-8/h8H,1-7H2/t8-/m1/s1. The van der Waals surface area contributed by atoms with Crippen LogP contribution in [0.5, 0.6) is 0 Å². The quantitative estimate of drug-likeness (QED) is 0.522. The van der Waals surface area contributed by atoms with Gasteiger partial charge in [0.05, 0.1) is 13.2 Å². The van der Waals surface area contributed by atoms with Crippen molar-refractivity contribution < 1.29 is 9.47 Å². The average molecular weight is 223 g/mol. The van der Waals surface area contributed by atoms with E-state index < -0.39 is 0 Å². The Morgan fingerprint density at radius 1 is 1.55 bits per heavy atom. The van der Waals surface area contributed by atoms with Crippen LogP contribution >= 0.6 is 15.9 Å². The summed E-state index contributed by atoms with van der Waals surface area (Å²) in [6, 6.07) is 0. The summed E-state index contributed by atoms with van der Waals surface area (Å²) in [5.74, 6) is 0.658. The molecule has 1 fully saturated rings. The maximum Gasteiger partial charge on any atom is 0.0517 e. The van der Waals surface area contributed by atoms with E-state index >= 15 is 0 Å². The van der Waals surface area contributed by atoms with Gasteiger partial charge in [0.1, 0.15) is 0 Å². The molecule has 1 heterocycles. The minimum absolute atomic E-state index is 0.658. The van der Waals surface area contributed by atoms with Crippen molar-refractivity contribution in [3.63, 3.8) is 0 Å². The van der Waals surface area contributed by atoms with Gasteiger partial charge in [-0.1, -0.05) is 15.9 Å². The minimum atomic E-state index is 0.658. The predicted molar refractivity (Wildman–Crippen MR) is 48.2 cm³/mol. The van der Waals surface area contributed by atoms with Gasteiger partial charge in [-0.3, -0.25) is 0 Å². The Morgan fingerprint density at radius 3 is 3.09 bits per heavy atom. The lowest BCUT2D eigenvalue weighted by molar-refractivity contribution is 0.0908. The lowest BCUT2D eigenvalue weighted by Gasteiger charge is -2.07. The third-order valence-corrected chi connectivity index (χ3v) is 2.36. The van der Waals surface area contributed by atoms with Crippen molar-refractivity contribution in [3.05, 3.63) is 0 Å². The normalized spacial score (nSPS) is 24.3. The monoisotopic (exact) mass is 222 g/mol. The molecular weight excluding hydrogens is 208 g/mol. The van der Waals surface area contributed by atoms with Crippen LogP contribution in [0.3, 0.4) is 0 Å². The fraction of sp³-hybridized carbons (Fsp3) is 1.00. The average Bonchev–Trinajstić information content (AvgIpc) is 2.50. The number of halogens is 1. The Kier molecular flexibility index (Phi) is 5.15. The van der Waals surface area contributed by atoms with E-state index in [0.29, 0.717) is 5.92 Å². The Balaban J connectivity index is 1.86. The van der Waals surface area contributed by atoms with Crippen molar-refractivity contribution in [2.24, 2.45) is 5.92 Å². The molecule has 0 spiro atoms. The third-order valence-electron chi connectivity index (χ3n) is 1.80. The zero-order valence-electron chi connectivity index (χ0n) is 6.72. The second-order valence-electron chi connectivity index (χ2n) is 2.85. The summed E-state index contributed by atoms with van der Waals surface area (Å²) >= 11 is 3.36. The minimum Gasteiger partial charge on any atom is -0.381 e. The van der Waals surface area contributed by atoms with Gasteiger partial charge in [0, 0.05) is 24.5 Å². The molecule has 0 unspecified atom stereocenters. The van der Waals surface area contributed by atoms with Crippen LogP contribution in [0.2, 0.25) is 0 Å². The molecule has 0 amide bonds. The van der Waals surface area contributed by atoms with Crippen molar-refractivity contribution in [2.45, 2.75) is 12.8 Å². The highest BCUT2D eigenvalue weighted by Gasteiger charge is 2.14. The molecule has 1 aliphatic rings. The number of ether oxygens (including phenoxy) is 2. The molecule has 0 aromatic carbocycles. The van der Waals surface area contributed by atoms with Gasteiger partial charge in [-0.05, 0) is 12.8 Å². The highest BCUT2D eigenvalue weighted by atomic mass is 79.9. The third kappa shape index (κ3) is 4.09. The first-order valence-electron chi connectivity index (χ1n) is 4.15. The SMILES string of the molecule is BrCCCOC[C@H]1CCOC1. The molecule has 0 saturated carbocycles. The summed E-state index contributed by atoms with van der Waals surface area (Å²) in [4.78, 5) is 0. The fourth-order valence-electron chi connectivity index (χ4n) is 1.12. The van der Waals surface area contributed by atoms with E-state index in [4.69, 9.17) is 9.47 Å². The van der Waals surface area contributed by atoms with Gasteiger partial charge in [0.25, 0.3) is 0 Å². The molecule has 1 aliphatic heterocycles. The van der Waals surface area contributed by atoms with Crippen LogP contribution in [0.15, 0.2) is 0 Å². The van der Waals surface area contributed by atoms with Crippen LogP contribution in [0.1, 0.15) is 12.8 Å². The number of hydrogen-bond donors (Lipinski definition) is 0. The second-order valence-corrected chi connectivity index (χ2v) is 3.64. The Morgan fingerprint density at radius 2 is 2.45 bits per heavy atom.